The Morgan fingerprint density at radius 3 is 2.87 bits per heavy atom. The normalized spacial score (nSPS) is 10.2. The fourth-order valence-corrected chi connectivity index (χ4v) is 1.48. The van der Waals surface area contributed by atoms with Crippen molar-refractivity contribution in [3.05, 3.63) is 47.8 Å². The van der Waals surface area contributed by atoms with Crippen LogP contribution in [0, 0.1) is 12.3 Å². The molecule has 1 heterocycles. The number of aromatic nitrogens is 2. The molecule has 2 aromatic rings. The van der Waals surface area contributed by atoms with Gasteiger partial charge in [0.15, 0.2) is 0 Å². The lowest BCUT2D eigenvalue weighted by atomic mass is 10.1. The highest BCUT2D eigenvalue weighted by atomic mass is 15.3. The van der Waals surface area contributed by atoms with Crippen LogP contribution in [0.2, 0.25) is 0 Å². The Balaban J connectivity index is 2.61. The summed E-state index contributed by atoms with van der Waals surface area (Å²) in [5.41, 5.74) is 8.15. The fourth-order valence-electron chi connectivity index (χ4n) is 1.48. The van der Waals surface area contributed by atoms with Crippen LogP contribution >= 0.6 is 0 Å². The van der Waals surface area contributed by atoms with Gasteiger partial charge in [0, 0.05) is 18.0 Å². The van der Waals surface area contributed by atoms with Crippen molar-refractivity contribution >= 4 is 5.84 Å². The van der Waals surface area contributed by atoms with Gasteiger partial charge in [0.1, 0.15) is 5.84 Å². The van der Waals surface area contributed by atoms with E-state index in [2.05, 4.69) is 5.10 Å². The summed E-state index contributed by atoms with van der Waals surface area (Å²) in [5, 5.41) is 11.6. The molecule has 0 atom stereocenters. The second-order valence-corrected chi connectivity index (χ2v) is 3.38. The molecule has 0 unspecified atom stereocenters. The van der Waals surface area contributed by atoms with Gasteiger partial charge in [0.2, 0.25) is 0 Å². The number of hydrogen-bond donors (Lipinski definition) is 2. The molecular weight excluding hydrogens is 188 g/mol. The van der Waals surface area contributed by atoms with Crippen LogP contribution in [0.25, 0.3) is 5.69 Å². The van der Waals surface area contributed by atoms with Crippen LogP contribution in [0.1, 0.15) is 11.1 Å². The van der Waals surface area contributed by atoms with Gasteiger partial charge >= 0.3 is 0 Å². The minimum atomic E-state index is 0.0594. The van der Waals surface area contributed by atoms with Gasteiger partial charge in [-0.2, -0.15) is 5.10 Å². The van der Waals surface area contributed by atoms with E-state index in [9.17, 15) is 0 Å². The van der Waals surface area contributed by atoms with Crippen LogP contribution in [0.3, 0.4) is 0 Å². The van der Waals surface area contributed by atoms with E-state index >= 15 is 0 Å². The molecule has 0 spiro atoms. The fraction of sp³-hybridized carbons (Fsp3) is 0.0909. The minimum absolute atomic E-state index is 0.0594. The molecule has 0 aliphatic rings. The third-order valence-electron chi connectivity index (χ3n) is 2.19. The first kappa shape index (κ1) is 9.45. The quantitative estimate of drug-likeness (QED) is 0.569. The molecule has 3 N–H and O–H groups in total. The van der Waals surface area contributed by atoms with Crippen molar-refractivity contribution in [1.82, 2.24) is 9.78 Å². The van der Waals surface area contributed by atoms with Crippen LogP contribution in [0.15, 0.2) is 36.7 Å². The van der Waals surface area contributed by atoms with E-state index in [1.54, 1.807) is 10.9 Å². The Morgan fingerprint density at radius 2 is 2.27 bits per heavy atom. The number of nitrogens with two attached hydrogens (primary N) is 1. The van der Waals surface area contributed by atoms with Crippen molar-refractivity contribution < 1.29 is 0 Å². The van der Waals surface area contributed by atoms with E-state index in [-0.39, 0.29) is 5.84 Å². The first-order valence-electron chi connectivity index (χ1n) is 4.63. The molecule has 2 rings (SSSR count). The van der Waals surface area contributed by atoms with E-state index in [0.29, 0.717) is 5.56 Å². The molecule has 76 valence electrons. The number of benzene rings is 1. The standard InChI is InChI=1S/C11H12N4/c1-8-3-4-10(9(7-8)11(12)13)15-6-2-5-14-15/h2-7H,1H3,(H3,12,13). The molecular formula is C11H12N4. The Kier molecular flexibility index (Phi) is 2.25. The van der Waals surface area contributed by atoms with Crippen molar-refractivity contribution in [2.45, 2.75) is 6.92 Å². The van der Waals surface area contributed by atoms with Gasteiger partial charge in [-0.15, -0.1) is 0 Å². The predicted molar refractivity (Wildman–Crippen MR) is 59.3 cm³/mol. The molecule has 0 fully saturated rings. The van der Waals surface area contributed by atoms with Crippen LogP contribution in [0.5, 0.6) is 0 Å². The summed E-state index contributed by atoms with van der Waals surface area (Å²) >= 11 is 0. The summed E-state index contributed by atoms with van der Waals surface area (Å²) in [5.74, 6) is 0.0594. The van der Waals surface area contributed by atoms with Crippen LogP contribution in [0.4, 0.5) is 0 Å². The molecule has 0 radical (unpaired) electrons. The summed E-state index contributed by atoms with van der Waals surface area (Å²) in [6.07, 6.45) is 3.53. The number of aryl methyl sites for hydroxylation is 1. The lowest BCUT2D eigenvalue weighted by Crippen LogP contribution is -2.15. The lowest BCUT2D eigenvalue weighted by Gasteiger charge is -2.08. The Morgan fingerprint density at radius 1 is 1.47 bits per heavy atom. The largest absolute Gasteiger partial charge is 0.384 e. The van der Waals surface area contributed by atoms with Gasteiger partial charge in [-0.05, 0) is 25.1 Å². The number of amidine groups is 1. The lowest BCUT2D eigenvalue weighted by molar-refractivity contribution is 0.877. The molecule has 1 aromatic carbocycles. The molecule has 0 saturated carbocycles. The summed E-state index contributed by atoms with van der Waals surface area (Å²) in [4.78, 5) is 0. The van der Waals surface area contributed by atoms with Gasteiger partial charge < -0.3 is 5.73 Å². The summed E-state index contributed by atoms with van der Waals surface area (Å²) < 4.78 is 1.70. The molecule has 4 heteroatoms. The van der Waals surface area contributed by atoms with E-state index < -0.39 is 0 Å². The maximum Gasteiger partial charge on any atom is 0.124 e. The van der Waals surface area contributed by atoms with Crippen LogP contribution in [-0.2, 0) is 0 Å². The molecule has 0 bridgehead atoms. The van der Waals surface area contributed by atoms with E-state index in [1.807, 2.05) is 37.4 Å². The van der Waals surface area contributed by atoms with E-state index in [0.717, 1.165) is 11.3 Å². The Labute approximate surface area is 87.9 Å². The number of nitrogen functional groups attached to an aromatic ring is 1. The first-order valence-corrected chi connectivity index (χ1v) is 4.63. The number of hydrogen-bond acceptors (Lipinski definition) is 2. The second-order valence-electron chi connectivity index (χ2n) is 3.38. The van der Waals surface area contributed by atoms with E-state index in [4.69, 9.17) is 11.1 Å². The SMILES string of the molecule is Cc1ccc(-n2cccn2)c(C(=N)N)c1. The third kappa shape index (κ3) is 1.74. The van der Waals surface area contributed by atoms with Gasteiger partial charge in [-0.3, -0.25) is 5.41 Å². The predicted octanol–water partition coefficient (Wildman–Crippen LogP) is 1.46. The molecule has 0 amide bonds. The summed E-state index contributed by atoms with van der Waals surface area (Å²) in [7, 11) is 0. The molecule has 1 aromatic heterocycles. The number of nitrogens with zero attached hydrogens (tertiary/aromatic N) is 2. The smallest absolute Gasteiger partial charge is 0.124 e. The molecule has 0 saturated heterocycles. The van der Waals surface area contributed by atoms with Crippen LogP contribution < -0.4 is 5.73 Å². The highest BCUT2D eigenvalue weighted by Crippen LogP contribution is 2.14. The van der Waals surface area contributed by atoms with Crippen molar-refractivity contribution in [3.63, 3.8) is 0 Å². The zero-order valence-electron chi connectivity index (χ0n) is 8.44. The second kappa shape index (κ2) is 3.57. The molecule has 0 aliphatic heterocycles. The molecule has 0 aliphatic carbocycles. The molecule has 4 nitrogen and oxygen atoms in total. The van der Waals surface area contributed by atoms with Gasteiger partial charge in [-0.25, -0.2) is 4.68 Å². The van der Waals surface area contributed by atoms with Gasteiger partial charge in [0.05, 0.1) is 5.69 Å². The van der Waals surface area contributed by atoms with Crippen molar-refractivity contribution in [1.29, 1.82) is 5.41 Å². The maximum atomic E-state index is 7.51. The van der Waals surface area contributed by atoms with Crippen molar-refractivity contribution in [2.75, 3.05) is 0 Å². The highest BCUT2D eigenvalue weighted by Gasteiger charge is 2.07. The van der Waals surface area contributed by atoms with Crippen LogP contribution in [-0.4, -0.2) is 15.6 Å². The molecule has 15 heavy (non-hydrogen) atoms. The summed E-state index contributed by atoms with van der Waals surface area (Å²) in [6.45, 7) is 1.97. The zero-order chi connectivity index (χ0) is 10.8. The number of rotatable bonds is 2. The summed E-state index contributed by atoms with van der Waals surface area (Å²) in [6, 6.07) is 7.62. The monoisotopic (exact) mass is 200 g/mol. The van der Waals surface area contributed by atoms with Gasteiger partial charge in [0.25, 0.3) is 0 Å². The van der Waals surface area contributed by atoms with Gasteiger partial charge in [-0.1, -0.05) is 11.6 Å². The third-order valence-corrected chi connectivity index (χ3v) is 2.19. The topological polar surface area (TPSA) is 67.7 Å². The maximum absolute atomic E-state index is 7.51. The van der Waals surface area contributed by atoms with E-state index in [1.165, 1.54) is 0 Å². The highest BCUT2D eigenvalue weighted by molar-refractivity contribution is 5.98. The number of nitrogens with one attached hydrogen (secondary N) is 1. The first-order chi connectivity index (χ1) is 7.18. The van der Waals surface area contributed by atoms with Crippen molar-refractivity contribution in [3.8, 4) is 5.69 Å². The minimum Gasteiger partial charge on any atom is -0.384 e. The average Bonchev–Trinajstić information content (AvgIpc) is 2.70. The van der Waals surface area contributed by atoms with Crippen molar-refractivity contribution in [2.24, 2.45) is 5.73 Å². The zero-order valence-corrected chi connectivity index (χ0v) is 8.44. The average molecular weight is 200 g/mol. The Bertz CT molecular complexity index is 485. The Hall–Kier alpha value is -2.10.